The number of nitrogens with zero attached hydrogens (tertiary/aromatic N) is 3. The first-order valence-corrected chi connectivity index (χ1v) is 8.59. The fourth-order valence-corrected chi connectivity index (χ4v) is 3.16. The van der Waals surface area contributed by atoms with Gasteiger partial charge in [-0.3, -0.25) is 14.8 Å². The van der Waals surface area contributed by atoms with E-state index in [9.17, 15) is 4.79 Å². The van der Waals surface area contributed by atoms with E-state index in [1.165, 1.54) is 0 Å². The number of hydrogen-bond donors (Lipinski definition) is 0. The van der Waals surface area contributed by atoms with Crippen LogP contribution in [-0.4, -0.2) is 34.9 Å². The van der Waals surface area contributed by atoms with Crippen molar-refractivity contribution < 1.29 is 13.9 Å². The number of hydrogen-bond acceptors (Lipinski definition) is 5. The molecular formula is C21H19N3O3. The van der Waals surface area contributed by atoms with Gasteiger partial charge in [-0.15, -0.1) is 0 Å². The van der Waals surface area contributed by atoms with Gasteiger partial charge in [0.15, 0.2) is 5.76 Å². The highest BCUT2D eigenvalue weighted by Crippen LogP contribution is 2.29. The number of amides is 1. The first kappa shape index (κ1) is 17.0. The zero-order chi connectivity index (χ0) is 19.0. The summed E-state index contributed by atoms with van der Waals surface area (Å²) < 4.78 is 11.1. The summed E-state index contributed by atoms with van der Waals surface area (Å²) in [5, 5.41) is 0.911. The number of furan rings is 1. The summed E-state index contributed by atoms with van der Waals surface area (Å²) in [6, 6.07) is 11.4. The summed E-state index contributed by atoms with van der Waals surface area (Å²) in [5.74, 6) is 0.879. The van der Waals surface area contributed by atoms with Gasteiger partial charge < -0.3 is 14.1 Å². The van der Waals surface area contributed by atoms with E-state index in [1.54, 1.807) is 37.5 Å². The van der Waals surface area contributed by atoms with Gasteiger partial charge in [-0.25, -0.2) is 0 Å². The highest BCUT2D eigenvalue weighted by atomic mass is 16.5. The number of aromatic nitrogens is 2. The van der Waals surface area contributed by atoms with E-state index in [1.807, 2.05) is 37.3 Å². The molecular weight excluding hydrogens is 342 g/mol. The van der Waals surface area contributed by atoms with Gasteiger partial charge in [-0.1, -0.05) is 6.07 Å². The van der Waals surface area contributed by atoms with Gasteiger partial charge in [0.05, 0.1) is 18.1 Å². The monoisotopic (exact) mass is 361 g/mol. The first-order chi connectivity index (χ1) is 13.1. The Morgan fingerprint density at radius 1 is 1.11 bits per heavy atom. The Bertz CT molecular complexity index is 1150. The molecule has 0 aliphatic rings. The van der Waals surface area contributed by atoms with Gasteiger partial charge in [0, 0.05) is 43.0 Å². The summed E-state index contributed by atoms with van der Waals surface area (Å²) in [5.41, 5.74) is 4.09. The molecule has 0 aliphatic carbocycles. The third-order valence-electron chi connectivity index (χ3n) is 4.64. The number of carbonyl (C=O) groups excluding carboxylic acids is 1. The molecule has 27 heavy (non-hydrogen) atoms. The van der Waals surface area contributed by atoms with Crippen LogP contribution in [0.3, 0.4) is 0 Å². The minimum atomic E-state index is -0.165. The minimum Gasteiger partial charge on any atom is -0.497 e. The van der Waals surface area contributed by atoms with Gasteiger partial charge >= 0.3 is 0 Å². The van der Waals surface area contributed by atoms with Gasteiger partial charge in [0.1, 0.15) is 11.3 Å². The lowest BCUT2D eigenvalue weighted by Gasteiger charge is -2.16. The van der Waals surface area contributed by atoms with Crippen LogP contribution in [0.1, 0.15) is 21.7 Å². The molecule has 0 N–H and O–H groups in total. The van der Waals surface area contributed by atoms with E-state index in [0.717, 1.165) is 27.5 Å². The third kappa shape index (κ3) is 3.10. The highest BCUT2D eigenvalue weighted by molar-refractivity contribution is 5.99. The third-order valence-corrected chi connectivity index (χ3v) is 4.64. The van der Waals surface area contributed by atoms with E-state index >= 15 is 0 Å². The van der Waals surface area contributed by atoms with Crippen LogP contribution < -0.4 is 4.74 Å². The van der Waals surface area contributed by atoms with E-state index in [0.29, 0.717) is 23.6 Å². The fraction of sp³-hybridized carbons (Fsp3) is 0.190. The van der Waals surface area contributed by atoms with Gasteiger partial charge in [-0.05, 0) is 36.8 Å². The Morgan fingerprint density at radius 2 is 1.89 bits per heavy atom. The lowest BCUT2D eigenvalue weighted by atomic mass is 10.1. The van der Waals surface area contributed by atoms with Crippen LogP contribution >= 0.6 is 0 Å². The Morgan fingerprint density at radius 3 is 2.67 bits per heavy atom. The molecule has 136 valence electrons. The van der Waals surface area contributed by atoms with Crippen molar-refractivity contribution in [1.82, 2.24) is 14.9 Å². The molecule has 2 aromatic heterocycles. The van der Waals surface area contributed by atoms with Crippen molar-refractivity contribution in [3.63, 3.8) is 0 Å². The van der Waals surface area contributed by atoms with Crippen molar-refractivity contribution in [3.05, 3.63) is 65.7 Å². The summed E-state index contributed by atoms with van der Waals surface area (Å²) in [7, 11) is 3.36. The standard InChI is InChI=1S/C21H19N3O3/c1-13-16-6-5-15(26-3)11-19(16)27-20(13)21(25)24(2)12-14-4-7-17-18(10-14)23-9-8-22-17/h4-11H,12H2,1-3H3. The van der Waals surface area contributed by atoms with E-state index in [4.69, 9.17) is 9.15 Å². The second-order valence-corrected chi connectivity index (χ2v) is 6.46. The fourth-order valence-electron chi connectivity index (χ4n) is 3.16. The van der Waals surface area contributed by atoms with E-state index in [2.05, 4.69) is 9.97 Å². The van der Waals surface area contributed by atoms with Crippen LogP contribution in [0.5, 0.6) is 5.75 Å². The molecule has 2 aromatic carbocycles. The maximum atomic E-state index is 12.9. The van der Waals surface area contributed by atoms with Crippen molar-refractivity contribution in [3.8, 4) is 5.75 Å². The summed E-state index contributed by atoms with van der Waals surface area (Å²) in [6.45, 7) is 2.34. The van der Waals surface area contributed by atoms with E-state index < -0.39 is 0 Å². The van der Waals surface area contributed by atoms with Crippen molar-refractivity contribution in [2.75, 3.05) is 14.2 Å². The quantitative estimate of drug-likeness (QED) is 0.550. The van der Waals surface area contributed by atoms with Crippen LogP contribution in [0.2, 0.25) is 0 Å². The molecule has 2 heterocycles. The van der Waals surface area contributed by atoms with Crippen LogP contribution in [0.25, 0.3) is 22.0 Å². The SMILES string of the molecule is COc1ccc2c(C)c(C(=O)N(C)Cc3ccc4nccnc4c3)oc2c1. The number of aryl methyl sites for hydroxylation is 1. The maximum Gasteiger partial charge on any atom is 0.289 e. The summed E-state index contributed by atoms with van der Waals surface area (Å²) in [6.07, 6.45) is 3.32. The second-order valence-electron chi connectivity index (χ2n) is 6.46. The number of carbonyl (C=O) groups is 1. The minimum absolute atomic E-state index is 0.165. The molecule has 6 nitrogen and oxygen atoms in total. The molecule has 0 bridgehead atoms. The lowest BCUT2D eigenvalue weighted by Crippen LogP contribution is -2.26. The number of fused-ring (bicyclic) bond motifs is 2. The van der Waals surface area contributed by atoms with Crippen LogP contribution in [0, 0.1) is 6.92 Å². The van der Waals surface area contributed by atoms with Crippen molar-refractivity contribution in [2.24, 2.45) is 0 Å². The van der Waals surface area contributed by atoms with Crippen LogP contribution in [0.4, 0.5) is 0 Å². The molecule has 1 amide bonds. The molecule has 0 radical (unpaired) electrons. The molecule has 4 rings (SSSR count). The highest BCUT2D eigenvalue weighted by Gasteiger charge is 2.21. The van der Waals surface area contributed by atoms with Gasteiger partial charge in [0.25, 0.3) is 5.91 Å². The van der Waals surface area contributed by atoms with Crippen molar-refractivity contribution >= 4 is 27.9 Å². The smallest absolute Gasteiger partial charge is 0.289 e. The van der Waals surface area contributed by atoms with Crippen LogP contribution in [0.15, 0.2) is 53.2 Å². The molecule has 0 atom stereocenters. The Kier molecular flexibility index (Phi) is 4.24. The average molecular weight is 361 g/mol. The topological polar surface area (TPSA) is 68.5 Å². The van der Waals surface area contributed by atoms with Gasteiger partial charge in [-0.2, -0.15) is 0 Å². The van der Waals surface area contributed by atoms with Crippen LogP contribution in [-0.2, 0) is 6.54 Å². The predicted octanol–water partition coefficient (Wildman–Crippen LogP) is 3.97. The first-order valence-electron chi connectivity index (χ1n) is 8.59. The summed E-state index contributed by atoms with van der Waals surface area (Å²) >= 11 is 0. The normalized spacial score (nSPS) is 11.1. The average Bonchev–Trinajstić information content (AvgIpc) is 3.03. The molecule has 4 aromatic rings. The molecule has 0 fully saturated rings. The molecule has 0 saturated heterocycles. The maximum absolute atomic E-state index is 12.9. The molecule has 6 heteroatoms. The number of benzene rings is 2. The number of rotatable bonds is 4. The zero-order valence-electron chi connectivity index (χ0n) is 15.4. The predicted molar refractivity (Wildman–Crippen MR) is 103 cm³/mol. The largest absolute Gasteiger partial charge is 0.497 e. The molecule has 0 spiro atoms. The summed E-state index contributed by atoms with van der Waals surface area (Å²) in [4.78, 5) is 23.1. The van der Waals surface area contributed by atoms with Gasteiger partial charge in [0.2, 0.25) is 0 Å². The van der Waals surface area contributed by atoms with Crippen molar-refractivity contribution in [2.45, 2.75) is 13.5 Å². The van der Waals surface area contributed by atoms with Crippen molar-refractivity contribution in [1.29, 1.82) is 0 Å². The molecule has 0 unspecified atom stereocenters. The van der Waals surface area contributed by atoms with E-state index in [-0.39, 0.29) is 5.91 Å². The Balaban J connectivity index is 1.61. The lowest BCUT2D eigenvalue weighted by molar-refractivity contribution is 0.0755. The second kappa shape index (κ2) is 6.72. The zero-order valence-corrected chi connectivity index (χ0v) is 15.4. The number of ether oxygens (including phenoxy) is 1. The Hall–Kier alpha value is -3.41. The number of methoxy groups -OCH3 is 1. The molecule has 0 aliphatic heterocycles. The Labute approximate surface area is 156 Å². The molecule has 0 saturated carbocycles.